The van der Waals surface area contributed by atoms with Gasteiger partial charge in [-0.15, -0.1) is 15.3 Å². The average Bonchev–Trinajstić information content (AvgIpc) is 1.63. The first kappa shape index (κ1) is 81.1. The van der Waals surface area contributed by atoms with E-state index < -0.39 is 171 Å². The van der Waals surface area contributed by atoms with E-state index in [4.69, 9.17) is 68.3 Å². The molecule has 0 radical (unpaired) electrons. The fourth-order valence-electron chi connectivity index (χ4n) is 12.3. The molecule has 15 atom stereocenters. The molecular formula is C51H78Cl3N18O26P3S2. The van der Waals surface area contributed by atoms with Gasteiger partial charge < -0.3 is 109 Å². The van der Waals surface area contributed by atoms with E-state index in [-0.39, 0.29) is 68.4 Å². The van der Waals surface area contributed by atoms with E-state index in [1.54, 1.807) is 0 Å². The number of hydrogen-bond acceptors (Lipinski definition) is 35. The highest BCUT2D eigenvalue weighted by Crippen LogP contribution is 2.47. The van der Waals surface area contributed by atoms with Crippen LogP contribution >= 0.6 is 57.6 Å². The minimum absolute atomic E-state index is 0.0621. The molecule has 3 aliphatic carbocycles. The number of ether oxygens (including phenoxy) is 6. The Labute approximate surface area is 599 Å². The lowest BCUT2D eigenvalue weighted by Crippen LogP contribution is -2.36. The van der Waals surface area contributed by atoms with Crippen LogP contribution < -0.4 is 16.0 Å². The maximum atomic E-state index is 12.1. The van der Waals surface area contributed by atoms with Crippen LogP contribution in [0, 0.1) is 0 Å². The average molecular weight is 1620 g/mol. The van der Waals surface area contributed by atoms with E-state index in [1.165, 1.54) is 11.6 Å². The van der Waals surface area contributed by atoms with Gasteiger partial charge in [-0.25, -0.2) is 16.8 Å². The Bertz CT molecular complexity index is 4310. The van der Waals surface area contributed by atoms with Gasteiger partial charge in [0.05, 0.1) is 31.3 Å². The van der Waals surface area contributed by atoms with Gasteiger partial charge in [0.2, 0.25) is 15.9 Å². The van der Waals surface area contributed by atoms with Crippen molar-refractivity contribution in [2.45, 2.75) is 199 Å². The van der Waals surface area contributed by atoms with Crippen molar-refractivity contribution in [1.82, 2.24) is 74.9 Å². The first-order valence-electron chi connectivity index (χ1n) is 32.1. The van der Waals surface area contributed by atoms with Crippen molar-refractivity contribution in [1.29, 1.82) is 0 Å². The number of halogens is 3. The molecule has 103 heavy (non-hydrogen) atoms. The van der Waals surface area contributed by atoms with Crippen LogP contribution in [0.1, 0.15) is 109 Å². The second-order valence-corrected chi connectivity index (χ2v) is 36.2. The monoisotopic (exact) mass is 1620 g/mol. The zero-order chi connectivity index (χ0) is 74.8. The summed E-state index contributed by atoms with van der Waals surface area (Å²) in [6.45, 7) is -1.09. The number of anilines is 3. The molecule has 0 aromatic carbocycles. The van der Waals surface area contributed by atoms with Gasteiger partial charge >= 0.3 is 22.8 Å². The lowest BCUT2D eigenvalue weighted by Gasteiger charge is -2.21. The van der Waals surface area contributed by atoms with E-state index in [2.05, 4.69) is 76.8 Å². The summed E-state index contributed by atoms with van der Waals surface area (Å²) < 4.78 is 118. The van der Waals surface area contributed by atoms with Gasteiger partial charge in [0, 0.05) is 37.4 Å². The topological polar surface area (TPSA) is 643 Å². The maximum Gasteiger partial charge on any atom is 0.369 e. The van der Waals surface area contributed by atoms with Crippen LogP contribution in [-0.4, -0.2) is 291 Å². The highest BCUT2D eigenvalue weighted by atomic mass is 35.5. The highest BCUT2D eigenvalue weighted by molar-refractivity contribution is 7.98. The molecule has 6 fully saturated rings. The Hall–Kier alpha value is -4.46. The second kappa shape index (κ2) is 33.6. The summed E-state index contributed by atoms with van der Waals surface area (Å²) in [4.78, 5) is 81.3. The summed E-state index contributed by atoms with van der Waals surface area (Å²) in [6, 6.07) is 0.606. The number of nitrogens with zero attached hydrogens (tertiary/aromatic N) is 15. The molecular weight excluding hydrogens is 1540 g/mol. The standard InChI is InChI=1S/2C17H26ClN6O9PS.C17H26ClN6O8P/c1-35(30,31)7-10(34(27,28)29)32-6-9-12(25)13(26)16(33-9)24-15-11(22-23-24)14(20-17(18)21-15)19-8-4-2-3-5-8;1-2-35(30,31)17(34(27,28)29)32-7-9-11(25)12(26)15(33-9)24-14-10(22-23-24)13(20-16(18)21-14)19-8-5-3-4-6-8;18-17-20-14(19-8-3-1-2-4-8)11-15(21-17)24(23-22-11)16-13(27)12(26)9(32-16)7-31-10(5-6-25)33(28,29)30/h8-10,12-13,16,25-26H,2-7H2,1H3,(H,19,20,21)(H2,27,28,29);8-9,11-12,15,17,25-26H,2-7H2,1H3,(H,19,20,21)(H2,27,28,29);8-10,12-13,16,25-27H,1-7H2,(H,19,20,21)(H2,28,29,30)/t9-,10?,12-,13-,16-;9-,11-,12-,15-,17?;9-,10?,12-,13-,16-/m111/s1. The van der Waals surface area contributed by atoms with Crippen LogP contribution in [-0.2, 0) is 61.8 Å². The molecule has 9 heterocycles. The van der Waals surface area contributed by atoms with E-state index in [0.717, 1.165) is 92.7 Å². The number of fused-ring (bicyclic) bond motifs is 3. The SMILES string of the molecule is CCS(=O)(=O)C(OC[C@H]1O[C@@H](n2nnc3c(NC4CCCC4)nc(Cl)nc32)[C@H](O)[C@@H]1O)P(=O)(O)O.CS(=O)(=O)CC(OC[C@H]1O[C@@H](n2nnc3c(NC4CCCC4)nc(Cl)nc32)[C@H](O)[C@@H]1O)P(=O)(O)O.O=P(O)(O)C(CCO)OC[C@H]1O[C@@H](n2nnc3c(NC4CCCC4)nc(Cl)nc32)[C@H](O)[C@@H]1O. The van der Waals surface area contributed by atoms with Crippen LogP contribution in [0.25, 0.3) is 33.5 Å². The molecule has 3 saturated heterocycles. The lowest BCUT2D eigenvalue weighted by molar-refractivity contribution is -0.0782. The molecule has 0 amide bonds. The van der Waals surface area contributed by atoms with Gasteiger partial charge in [-0.2, -0.15) is 43.9 Å². The Morgan fingerprint density at radius 1 is 0.495 bits per heavy atom. The molecule has 3 aliphatic heterocycles. The zero-order valence-corrected chi connectivity index (χ0v) is 61.0. The van der Waals surface area contributed by atoms with E-state index >= 15 is 0 Å². The molecule has 6 aromatic rings. The zero-order valence-electron chi connectivity index (χ0n) is 54.4. The van der Waals surface area contributed by atoms with Crippen molar-refractivity contribution < 1.29 is 124 Å². The number of nitrogens with one attached hydrogen (secondary N) is 3. The Morgan fingerprint density at radius 2 is 0.806 bits per heavy atom. The lowest BCUT2D eigenvalue weighted by atomic mass is 10.1. The summed E-state index contributed by atoms with van der Waals surface area (Å²) in [7, 11) is -22.9. The number of aliphatic hydroxyl groups excluding tert-OH is 7. The minimum atomic E-state index is -5.20. The summed E-state index contributed by atoms with van der Waals surface area (Å²) in [5, 5.41) is 103. The van der Waals surface area contributed by atoms with Crippen LogP contribution in [0.5, 0.6) is 0 Å². The summed E-state index contributed by atoms with van der Waals surface area (Å²) in [5.41, 5.74) is 1.30. The van der Waals surface area contributed by atoms with Crippen LogP contribution in [0.4, 0.5) is 17.5 Å². The van der Waals surface area contributed by atoms with Crippen LogP contribution in [0.3, 0.4) is 0 Å². The van der Waals surface area contributed by atoms with Gasteiger partial charge in [-0.05, 0) is 73.3 Å². The molecule has 44 nitrogen and oxygen atoms in total. The fraction of sp³-hybridized carbons (Fsp3) is 0.765. The molecule has 3 unspecified atom stereocenters. The quantitative estimate of drug-likeness (QED) is 0.0216. The van der Waals surface area contributed by atoms with Crippen molar-refractivity contribution >= 4 is 128 Å². The van der Waals surface area contributed by atoms with Gasteiger partial charge in [0.1, 0.15) is 54.9 Å². The number of sulfone groups is 2. The first-order valence-corrected chi connectivity index (χ1v) is 42.1. The molecule has 6 aromatic heterocycles. The Balaban J connectivity index is 0.000000166. The maximum absolute atomic E-state index is 12.1. The van der Waals surface area contributed by atoms with E-state index in [0.29, 0.717) is 23.0 Å². The second-order valence-electron chi connectivity index (χ2n) is 25.2. The molecule has 52 heteroatoms. The number of rotatable bonds is 27. The number of hydrogen-bond donors (Lipinski definition) is 16. The first-order chi connectivity index (χ1) is 48.4. The van der Waals surface area contributed by atoms with Crippen LogP contribution in [0.15, 0.2) is 0 Å². The van der Waals surface area contributed by atoms with Crippen molar-refractivity contribution in [3.63, 3.8) is 0 Å². The minimum Gasteiger partial charge on any atom is -0.396 e. The fourth-order valence-corrected chi connectivity index (χ4v) is 19.0. The largest absolute Gasteiger partial charge is 0.396 e. The number of aliphatic hydroxyl groups is 7. The van der Waals surface area contributed by atoms with E-state index in [9.17, 15) is 90.5 Å². The normalized spacial score (nSPS) is 27.2. The summed E-state index contributed by atoms with van der Waals surface area (Å²) in [5.74, 6) is -3.91. The van der Waals surface area contributed by atoms with Gasteiger partial charge in [-0.3, -0.25) is 13.7 Å². The van der Waals surface area contributed by atoms with Crippen molar-refractivity contribution in [2.24, 2.45) is 0 Å². The van der Waals surface area contributed by atoms with Gasteiger partial charge in [0.15, 0.2) is 101 Å². The predicted octanol–water partition coefficient (Wildman–Crippen LogP) is -1.07. The summed E-state index contributed by atoms with van der Waals surface area (Å²) in [6.07, 6.45) is -3.91. The van der Waals surface area contributed by atoms with Crippen LogP contribution in [0.2, 0.25) is 15.9 Å². The molecule has 3 saturated carbocycles. The Kier molecular flexibility index (Phi) is 26.4. The van der Waals surface area contributed by atoms with Gasteiger partial charge in [-0.1, -0.05) is 61.1 Å². The van der Waals surface area contributed by atoms with E-state index in [1.807, 2.05) is 0 Å². The third-order valence-electron chi connectivity index (χ3n) is 17.6. The Morgan fingerprint density at radius 3 is 1.09 bits per heavy atom. The predicted molar refractivity (Wildman–Crippen MR) is 356 cm³/mol. The third-order valence-corrected chi connectivity index (χ3v) is 25.5. The third kappa shape index (κ3) is 19.5. The molecule has 0 spiro atoms. The molecule has 16 N–H and O–H groups in total. The smallest absolute Gasteiger partial charge is 0.369 e. The summed E-state index contributed by atoms with van der Waals surface area (Å²) >= 11 is 18.3. The molecule has 12 rings (SSSR count). The highest BCUT2D eigenvalue weighted by Gasteiger charge is 2.51. The van der Waals surface area contributed by atoms with Crippen molar-refractivity contribution in [3.05, 3.63) is 15.9 Å². The molecule has 0 bridgehead atoms. The molecule has 576 valence electrons. The van der Waals surface area contributed by atoms with Gasteiger partial charge in [0.25, 0.3) is 5.18 Å². The molecule has 6 aliphatic rings. The van der Waals surface area contributed by atoms with Crippen molar-refractivity contribution in [2.75, 3.05) is 60.1 Å². The van der Waals surface area contributed by atoms with Crippen molar-refractivity contribution in [3.8, 4) is 0 Å². The number of aromatic nitrogens is 15.